The number of methoxy groups -OCH3 is 2. The van der Waals surface area contributed by atoms with Gasteiger partial charge in [0.05, 0.1) is 31.8 Å². The molecule has 0 saturated carbocycles. The van der Waals surface area contributed by atoms with Crippen LogP contribution in [0.1, 0.15) is 21.7 Å². The van der Waals surface area contributed by atoms with Crippen LogP contribution >= 0.6 is 0 Å². The highest BCUT2D eigenvalue weighted by Crippen LogP contribution is 2.28. The Kier molecular flexibility index (Phi) is 8.24. The van der Waals surface area contributed by atoms with Crippen LogP contribution < -0.4 is 19.5 Å². The van der Waals surface area contributed by atoms with E-state index >= 15 is 0 Å². The molecule has 7 heteroatoms. The first-order valence-corrected chi connectivity index (χ1v) is 11.9. The molecule has 0 aliphatic heterocycles. The zero-order chi connectivity index (χ0) is 25.3. The fraction of sp³-hybridized carbons (Fsp3) is 0.241. The number of hydrogen-bond donors (Lipinski definition) is 1. The van der Waals surface area contributed by atoms with Crippen molar-refractivity contribution in [2.45, 2.75) is 19.4 Å². The van der Waals surface area contributed by atoms with Crippen LogP contribution in [0.3, 0.4) is 0 Å². The molecule has 0 spiro atoms. The van der Waals surface area contributed by atoms with Crippen LogP contribution in [0.25, 0.3) is 11.0 Å². The Labute approximate surface area is 211 Å². The van der Waals surface area contributed by atoms with E-state index in [1.807, 2.05) is 48.5 Å². The molecule has 1 aromatic heterocycles. The molecule has 186 valence electrons. The van der Waals surface area contributed by atoms with E-state index in [-0.39, 0.29) is 5.91 Å². The maximum atomic E-state index is 12.5. The summed E-state index contributed by atoms with van der Waals surface area (Å²) in [5.41, 5.74) is 3.66. The van der Waals surface area contributed by atoms with Crippen LogP contribution in [-0.4, -0.2) is 42.8 Å². The number of hydrogen-bond acceptors (Lipinski definition) is 5. The summed E-state index contributed by atoms with van der Waals surface area (Å²) in [5, 5.41) is 2.98. The molecule has 0 bridgehead atoms. The van der Waals surface area contributed by atoms with Gasteiger partial charge in [-0.1, -0.05) is 24.3 Å². The predicted octanol–water partition coefficient (Wildman–Crippen LogP) is 4.83. The van der Waals surface area contributed by atoms with Crippen molar-refractivity contribution >= 4 is 16.9 Å². The third-order valence-electron chi connectivity index (χ3n) is 5.90. The zero-order valence-corrected chi connectivity index (χ0v) is 20.7. The van der Waals surface area contributed by atoms with Gasteiger partial charge in [-0.05, 0) is 60.5 Å². The third kappa shape index (κ3) is 5.86. The number of para-hydroxylation sites is 2. The second kappa shape index (κ2) is 11.9. The molecule has 0 radical (unpaired) electrons. The molecule has 4 aromatic rings. The maximum Gasteiger partial charge on any atom is 0.251 e. The number of aromatic nitrogens is 2. The van der Waals surface area contributed by atoms with Gasteiger partial charge in [-0.3, -0.25) is 4.79 Å². The molecule has 4 rings (SSSR count). The molecule has 3 aromatic carbocycles. The Balaban J connectivity index is 1.41. The first kappa shape index (κ1) is 24.9. The van der Waals surface area contributed by atoms with Gasteiger partial charge in [0, 0.05) is 18.5 Å². The molecule has 0 saturated heterocycles. The summed E-state index contributed by atoms with van der Waals surface area (Å²) in [5.74, 6) is 2.88. The van der Waals surface area contributed by atoms with Crippen molar-refractivity contribution in [3.8, 4) is 17.2 Å². The first-order valence-electron chi connectivity index (χ1n) is 11.9. The topological polar surface area (TPSA) is 74.6 Å². The average molecular weight is 486 g/mol. The summed E-state index contributed by atoms with van der Waals surface area (Å²) in [4.78, 5) is 17.3. The number of benzene rings is 3. The monoisotopic (exact) mass is 485 g/mol. The lowest BCUT2D eigenvalue weighted by Gasteiger charge is -2.14. The van der Waals surface area contributed by atoms with Gasteiger partial charge in [0.25, 0.3) is 5.91 Å². The smallest absolute Gasteiger partial charge is 0.251 e. The van der Waals surface area contributed by atoms with Crippen LogP contribution in [0, 0.1) is 0 Å². The molecule has 7 nitrogen and oxygen atoms in total. The molecule has 0 unspecified atom stereocenters. The van der Waals surface area contributed by atoms with Crippen molar-refractivity contribution < 1.29 is 19.0 Å². The lowest BCUT2D eigenvalue weighted by molar-refractivity contribution is 0.0954. The summed E-state index contributed by atoms with van der Waals surface area (Å²) in [6.07, 6.45) is 3.23. The Morgan fingerprint density at radius 3 is 2.58 bits per heavy atom. The maximum absolute atomic E-state index is 12.5. The number of carbonyl (C=O) groups excluding carboxylic acids is 1. The molecule has 36 heavy (non-hydrogen) atoms. The summed E-state index contributed by atoms with van der Waals surface area (Å²) in [6, 6.07) is 21.0. The summed E-state index contributed by atoms with van der Waals surface area (Å²) < 4.78 is 18.9. The van der Waals surface area contributed by atoms with Gasteiger partial charge < -0.3 is 24.1 Å². The van der Waals surface area contributed by atoms with E-state index in [1.54, 1.807) is 38.5 Å². The molecule has 0 fully saturated rings. The highest BCUT2D eigenvalue weighted by atomic mass is 16.5. The number of rotatable bonds is 12. The Morgan fingerprint density at radius 1 is 1.03 bits per heavy atom. The standard InChI is InChI=1S/C29H31N3O4/c1-4-7-21-10-15-26(27(20-21)35-3)36-19-18-32-25-9-6-5-8-24(25)31-28(32)16-17-30-29(33)22-11-13-23(34-2)14-12-22/h4-6,8-15,20H,1,7,16-19H2,2-3H3,(H,30,33). The number of fused-ring (bicyclic) bond motifs is 1. The zero-order valence-electron chi connectivity index (χ0n) is 20.7. The highest BCUT2D eigenvalue weighted by molar-refractivity contribution is 5.94. The minimum Gasteiger partial charge on any atom is -0.497 e. The Bertz CT molecular complexity index is 1330. The molecule has 1 heterocycles. The van der Waals surface area contributed by atoms with E-state index in [0.717, 1.165) is 28.8 Å². The van der Waals surface area contributed by atoms with Crippen molar-refractivity contribution in [3.05, 3.63) is 96.3 Å². The normalized spacial score (nSPS) is 10.7. The van der Waals surface area contributed by atoms with Crippen LogP contribution in [-0.2, 0) is 19.4 Å². The number of allylic oxidation sites excluding steroid dienone is 1. The number of carbonyl (C=O) groups is 1. The van der Waals surface area contributed by atoms with Crippen LogP contribution in [0.2, 0.25) is 0 Å². The fourth-order valence-corrected chi connectivity index (χ4v) is 4.07. The molecular formula is C29H31N3O4. The third-order valence-corrected chi connectivity index (χ3v) is 5.90. The van der Waals surface area contributed by atoms with Gasteiger partial charge >= 0.3 is 0 Å². The Hall–Kier alpha value is -4.26. The summed E-state index contributed by atoms with van der Waals surface area (Å²) in [6.45, 7) is 5.31. The van der Waals surface area contributed by atoms with Crippen molar-refractivity contribution in [1.82, 2.24) is 14.9 Å². The van der Waals surface area contributed by atoms with Crippen molar-refractivity contribution in [2.24, 2.45) is 0 Å². The van der Waals surface area contributed by atoms with E-state index in [9.17, 15) is 4.79 Å². The van der Waals surface area contributed by atoms with Gasteiger partial charge in [0.1, 0.15) is 18.2 Å². The number of amides is 1. The minimum atomic E-state index is -0.129. The number of nitrogens with one attached hydrogen (secondary N) is 1. The van der Waals surface area contributed by atoms with Crippen LogP contribution in [0.5, 0.6) is 17.2 Å². The van der Waals surface area contributed by atoms with Gasteiger partial charge in [-0.2, -0.15) is 0 Å². The second-order valence-corrected chi connectivity index (χ2v) is 8.23. The van der Waals surface area contributed by atoms with Crippen LogP contribution in [0.4, 0.5) is 0 Å². The lowest BCUT2D eigenvalue weighted by Crippen LogP contribution is -2.26. The molecule has 1 N–H and O–H groups in total. The van der Waals surface area contributed by atoms with Gasteiger partial charge in [-0.15, -0.1) is 6.58 Å². The quantitative estimate of drug-likeness (QED) is 0.291. The second-order valence-electron chi connectivity index (χ2n) is 8.23. The van der Waals surface area contributed by atoms with Crippen molar-refractivity contribution in [1.29, 1.82) is 0 Å². The van der Waals surface area contributed by atoms with Crippen molar-refractivity contribution in [3.63, 3.8) is 0 Å². The minimum absolute atomic E-state index is 0.129. The lowest BCUT2D eigenvalue weighted by atomic mass is 10.1. The summed E-state index contributed by atoms with van der Waals surface area (Å²) in [7, 11) is 3.24. The number of ether oxygens (including phenoxy) is 3. The average Bonchev–Trinajstić information content (AvgIpc) is 3.26. The highest BCUT2D eigenvalue weighted by Gasteiger charge is 2.13. The largest absolute Gasteiger partial charge is 0.497 e. The SMILES string of the molecule is C=CCc1ccc(OCCn2c(CCNC(=O)c3ccc(OC)cc3)nc3ccccc32)c(OC)c1. The number of nitrogens with zero attached hydrogens (tertiary/aromatic N) is 2. The Morgan fingerprint density at radius 2 is 1.83 bits per heavy atom. The molecular weight excluding hydrogens is 454 g/mol. The van der Waals surface area contributed by atoms with E-state index in [0.29, 0.717) is 48.9 Å². The predicted molar refractivity (Wildman–Crippen MR) is 141 cm³/mol. The van der Waals surface area contributed by atoms with E-state index in [2.05, 4.69) is 16.5 Å². The first-order chi connectivity index (χ1) is 17.6. The molecule has 1 amide bonds. The van der Waals surface area contributed by atoms with Gasteiger partial charge in [0.15, 0.2) is 11.5 Å². The summed E-state index contributed by atoms with van der Waals surface area (Å²) >= 11 is 0. The molecule has 0 aliphatic rings. The molecule has 0 aliphatic carbocycles. The molecule has 0 atom stereocenters. The van der Waals surface area contributed by atoms with Gasteiger partial charge in [0.2, 0.25) is 0 Å². The van der Waals surface area contributed by atoms with E-state index < -0.39 is 0 Å². The van der Waals surface area contributed by atoms with Gasteiger partial charge in [-0.25, -0.2) is 4.98 Å². The number of imidazole rings is 1. The van der Waals surface area contributed by atoms with Crippen LogP contribution in [0.15, 0.2) is 79.4 Å². The van der Waals surface area contributed by atoms with E-state index in [1.165, 1.54) is 0 Å². The van der Waals surface area contributed by atoms with Crippen molar-refractivity contribution in [2.75, 3.05) is 27.4 Å². The van der Waals surface area contributed by atoms with E-state index in [4.69, 9.17) is 19.2 Å². The fourth-order valence-electron chi connectivity index (χ4n) is 4.07.